The number of nitrogens with one attached hydrogen (secondary N) is 3. The van der Waals surface area contributed by atoms with Gasteiger partial charge in [-0.25, -0.2) is 14.4 Å². The number of carbonyl (C=O) groups excluding carboxylic acids is 4. The molecule has 0 saturated heterocycles. The van der Waals surface area contributed by atoms with Gasteiger partial charge in [0.05, 0.1) is 16.9 Å². The van der Waals surface area contributed by atoms with Crippen molar-refractivity contribution in [2.24, 2.45) is 11.8 Å². The fraction of sp³-hybridized carbons (Fsp3) is 0.436. The molecule has 0 bridgehead atoms. The van der Waals surface area contributed by atoms with Crippen LogP contribution in [0, 0.1) is 18.8 Å². The molecule has 0 fully saturated rings. The first-order valence-electron chi connectivity index (χ1n) is 17.0. The van der Waals surface area contributed by atoms with Gasteiger partial charge >= 0.3 is 24.1 Å². The summed E-state index contributed by atoms with van der Waals surface area (Å²) in [5.74, 6) is -0.372. The Labute approximate surface area is 296 Å². The van der Waals surface area contributed by atoms with E-state index in [9.17, 15) is 19.2 Å². The van der Waals surface area contributed by atoms with Crippen molar-refractivity contribution in [2.75, 3.05) is 35.4 Å². The van der Waals surface area contributed by atoms with Gasteiger partial charge in [-0.2, -0.15) is 0 Å². The first kappa shape index (κ1) is 39.4. The molecule has 0 aromatic heterocycles. The molecule has 3 amide bonds. The van der Waals surface area contributed by atoms with Crippen LogP contribution in [0.3, 0.4) is 0 Å². The average molecular weight is 689 g/mol. The van der Waals surface area contributed by atoms with Crippen molar-refractivity contribution in [3.05, 3.63) is 89.0 Å². The van der Waals surface area contributed by atoms with Crippen molar-refractivity contribution in [3.8, 4) is 0 Å². The van der Waals surface area contributed by atoms with E-state index in [0.29, 0.717) is 29.6 Å². The number of rotatable bonds is 15. The summed E-state index contributed by atoms with van der Waals surface area (Å²) in [4.78, 5) is 52.2. The summed E-state index contributed by atoms with van der Waals surface area (Å²) in [6.45, 7) is 17.3. The lowest BCUT2D eigenvalue weighted by Crippen LogP contribution is -2.32. The summed E-state index contributed by atoms with van der Waals surface area (Å²) >= 11 is 0. The molecule has 3 aromatic rings. The Morgan fingerprint density at radius 2 is 1.40 bits per heavy atom. The number of anilines is 3. The van der Waals surface area contributed by atoms with Crippen LogP contribution in [0.15, 0.2) is 66.7 Å². The minimum absolute atomic E-state index is 0.0486. The third-order valence-electron chi connectivity index (χ3n) is 7.18. The van der Waals surface area contributed by atoms with Crippen molar-refractivity contribution in [2.45, 2.75) is 80.4 Å². The Morgan fingerprint density at radius 3 is 2.00 bits per heavy atom. The summed E-state index contributed by atoms with van der Waals surface area (Å²) in [6, 6.07) is 19.5. The third kappa shape index (κ3) is 14.2. The Balaban J connectivity index is 1.57. The van der Waals surface area contributed by atoms with Crippen LogP contribution < -0.4 is 20.9 Å². The highest BCUT2D eigenvalue weighted by Gasteiger charge is 2.18. The van der Waals surface area contributed by atoms with Crippen LogP contribution in [0.25, 0.3) is 0 Å². The van der Waals surface area contributed by atoms with Gasteiger partial charge in [0, 0.05) is 31.7 Å². The number of carbonyl (C=O) groups is 4. The third-order valence-corrected chi connectivity index (χ3v) is 7.18. The molecule has 50 heavy (non-hydrogen) atoms. The van der Waals surface area contributed by atoms with Crippen LogP contribution in [-0.4, -0.2) is 49.5 Å². The van der Waals surface area contributed by atoms with Gasteiger partial charge < -0.3 is 35.1 Å². The second kappa shape index (κ2) is 18.6. The predicted octanol–water partition coefficient (Wildman–Crippen LogP) is 8.07. The fourth-order valence-electron chi connectivity index (χ4n) is 4.99. The van der Waals surface area contributed by atoms with Crippen LogP contribution in [0.1, 0.15) is 81.9 Å². The van der Waals surface area contributed by atoms with Crippen LogP contribution in [0.2, 0.25) is 0 Å². The molecule has 0 atom stereocenters. The van der Waals surface area contributed by atoms with E-state index in [-0.39, 0.29) is 24.6 Å². The minimum Gasteiger partial charge on any atom is -0.444 e. The molecule has 3 aromatic carbocycles. The maximum absolute atomic E-state index is 13.1. The summed E-state index contributed by atoms with van der Waals surface area (Å²) in [7, 11) is 0. The molecule has 0 radical (unpaired) electrons. The number of hydrogen-bond acceptors (Lipinski definition) is 8. The van der Waals surface area contributed by atoms with E-state index < -0.39 is 30.4 Å². The van der Waals surface area contributed by atoms with Crippen molar-refractivity contribution < 1.29 is 33.4 Å². The lowest BCUT2D eigenvalue weighted by Gasteiger charge is -2.30. The normalized spacial score (nSPS) is 11.2. The maximum Gasteiger partial charge on any atom is 0.407 e. The number of urea groups is 1. The number of esters is 2. The first-order chi connectivity index (χ1) is 23.6. The van der Waals surface area contributed by atoms with Crippen molar-refractivity contribution in [1.82, 2.24) is 5.32 Å². The number of aryl methyl sites for hydroxylation is 2. The zero-order valence-corrected chi connectivity index (χ0v) is 30.6. The molecule has 0 aliphatic heterocycles. The second-order valence-electron chi connectivity index (χ2n) is 14.1. The molecule has 3 N–H and O–H groups in total. The zero-order valence-electron chi connectivity index (χ0n) is 30.6. The van der Waals surface area contributed by atoms with E-state index in [1.54, 1.807) is 45.0 Å². The lowest BCUT2D eigenvalue weighted by molar-refractivity contribution is -0.152. The van der Waals surface area contributed by atoms with Crippen LogP contribution in [0.5, 0.6) is 0 Å². The minimum atomic E-state index is -0.646. The number of amides is 3. The Kier molecular flexibility index (Phi) is 14.7. The highest BCUT2D eigenvalue weighted by Crippen LogP contribution is 2.30. The van der Waals surface area contributed by atoms with Gasteiger partial charge in [-0.1, -0.05) is 63.6 Å². The van der Waals surface area contributed by atoms with Gasteiger partial charge in [0.2, 0.25) is 6.79 Å². The Bertz CT molecular complexity index is 1570. The van der Waals surface area contributed by atoms with Gasteiger partial charge in [-0.05, 0) is 93.5 Å². The second-order valence-corrected chi connectivity index (χ2v) is 14.1. The van der Waals surface area contributed by atoms with Gasteiger partial charge in [0.25, 0.3) is 0 Å². The van der Waals surface area contributed by atoms with Crippen LogP contribution in [-0.2, 0) is 32.0 Å². The summed E-state index contributed by atoms with van der Waals surface area (Å²) in [5.41, 5.74) is 4.60. The smallest absolute Gasteiger partial charge is 0.407 e. The van der Waals surface area contributed by atoms with Gasteiger partial charge in [-0.3, -0.25) is 4.79 Å². The summed E-state index contributed by atoms with van der Waals surface area (Å²) in [5, 5.41) is 8.58. The summed E-state index contributed by atoms with van der Waals surface area (Å²) < 4.78 is 15.5. The molecule has 11 nitrogen and oxygen atoms in total. The van der Waals surface area contributed by atoms with Gasteiger partial charge in [0.1, 0.15) is 5.60 Å². The van der Waals surface area contributed by atoms with Crippen molar-refractivity contribution in [3.63, 3.8) is 0 Å². The molecule has 0 aliphatic rings. The molecule has 3 rings (SSSR count). The molecule has 0 saturated carbocycles. The molecule has 0 unspecified atom stereocenters. The number of ether oxygens (including phenoxy) is 3. The first-order valence-corrected chi connectivity index (χ1v) is 17.0. The molecular formula is C39H52N4O7. The maximum atomic E-state index is 13.1. The van der Waals surface area contributed by atoms with Crippen LogP contribution >= 0.6 is 0 Å². The predicted molar refractivity (Wildman–Crippen MR) is 196 cm³/mol. The molecule has 0 aliphatic carbocycles. The highest BCUT2D eigenvalue weighted by atomic mass is 16.7. The number of nitrogens with zero attached hydrogens (tertiary/aromatic N) is 1. The van der Waals surface area contributed by atoms with E-state index in [1.165, 1.54) is 0 Å². The quantitative estimate of drug-likeness (QED) is 0.108. The SMILES string of the molecule is Cc1ccc(NC(=O)Nc2cc(CCC(=O)OCOC(=O)c3ccc(CNC(=O)OC(C)(C)C)cc3)ccc2N(CC(C)C)CC(C)C)cc1. The summed E-state index contributed by atoms with van der Waals surface area (Å²) in [6.07, 6.45) is -0.130. The highest BCUT2D eigenvalue weighted by molar-refractivity contribution is 6.02. The molecule has 11 heteroatoms. The van der Waals surface area contributed by atoms with Crippen molar-refractivity contribution >= 4 is 41.1 Å². The molecule has 0 spiro atoms. The van der Waals surface area contributed by atoms with E-state index in [4.69, 9.17) is 14.2 Å². The zero-order chi connectivity index (χ0) is 36.8. The molecular weight excluding hydrogens is 636 g/mol. The Hall–Kier alpha value is -5.06. The fourth-order valence-corrected chi connectivity index (χ4v) is 4.99. The monoisotopic (exact) mass is 688 g/mol. The van der Waals surface area contributed by atoms with Gasteiger partial charge in [0.15, 0.2) is 0 Å². The average Bonchev–Trinajstić information content (AvgIpc) is 3.02. The van der Waals surface area contributed by atoms with E-state index in [0.717, 1.165) is 35.5 Å². The van der Waals surface area contributed by atoms with Gasteiger partial charge in [-0.15, -0.1) is 0 Å². The van der Waals surface area contributed by atoms with Crippen LogP contribution in [0.4, 0.5) is 26.7 Å². The van der Waals surface area contributed by atoms with E-state index in [1.807, 2.05) is 49.4 Å². The van der Waals surface area contributed by atoms with E-state index in [2.05, 4.69) is 48.5 Å². The number of hydrogen-bond donors (Lipinski definition) is 3. The largest absolute Gasteiger partial charge is 0.444 e. The molecule has 0 heterocycles. The number of alkyl carbamates (subject to hydrolysis) is 1. The van der Waals surface area contributed by atoms with E-state index >= 15 is 0 Å². The molecule has 270 valence electrons. The lowest BCUT2D eigenvalue weighted by atomic mass is 10.1. The van der Waals surface area contributed by atoms with Crippen molar-refractivity contribution in [1.29, 1.82) is 0 Å². The standard InChI is InChI=1S/C39H52N4O7/c1-26(2)23-43(24-27(3)4)34-19-13-29(21-33(34)42-37(46)41-32-17-9-28(5)10-18-32)14-20-35(44)48-25-49-36(45)31-15-11-30(12-16-31)22-40-38(47)50-39(6,7)8/h9-13,15-19,21,26-27H,14,20,22-25H2,1-8H3,(H,40,47)(H2,41,42,46). The topological polar surface area (TPSA) is 135 Å². The Morgan fingerprint density at radius 1 is 0.780 bits per heavy atom. The number of benzene rings is 3.